The van der Waals surface area contributed by atoms with E-state index in [1.54, 1.807) is 17.1 Å². The second-order valence-electron chi connectivity index (χ2n) is 10.2. The summed E-state index contributed by atoms with van der Waals surface area (Å²) in [6, 6.07) is 19.1. The van der Waals surface area contributed by atoms with Crippen LogP contribution in [0, 0.1) is 11.3 Å². The Morgan fingerprint density at radius 2 is 1.75 bits per heavy atom. The lowest BCUT2D eigenvalue weighted by Gasteiger charge is -2.30. The molecule has 0 aliphatic heterocycles. The summed E-state index contributed by atoms with van der Waals surface area (Å²) >= 11 is 6.36. The van der Waals surface area contributed by atoms with E-state index in [0.717, 1.165) is 43.4 Å². The maximum absolute atomic E-state index is 13.2. The maximum Gasteiger partial charge on any atom is 0.490 e. The third-order valence-electron chi connectivity index (χ3n) is 6.85. The molecule has 0 saturated heterocycles. The summed E-state index contributed by atoms with van der Waals surface area (Å²) in [6.45, 7) is 1.43. The number of hydrazine groups is 1. The number of nitriles is 1. The van der Waals surface area contributed by atoms with Crippen molar-refractivity contribution >= 4 is 29.3 Å². The van der Waals surface area contributed by atoms with Crippen molar-refractivity contribution < 1.29 is 33.0 Å². The van der Waals surface area contributed by atoms with Crippen molar-refractivity contribution in [1.29, 1.82) is 5.26 Å². The second-order valence-corrected chi connectivity index (χ2v) is 10.6. The number of rotatable bonds is 10. The Bertz CT molecular complexity index is 1430. The van der Waals surface area contributed by atoms with Gasteiger partial charge >= 0.3 is 12.1 Å². The SMILES string of the molecule is CN(CCC(O)c1ccccc1)Cc1ccc(C(=O)NN(c2nc(C#N)ncc2Cl)C2CCCC2)cc1.O=C(O)C(F)(F)F. The molecule has 1 aliphatic carbocycles. The highest BCUT2D eigenvalue weighted by molar-refractivity contribution is 6.32. The molecule has 3 aromatic rings. The number of amides is 1. The number of alkyl halides is 3. The van der Waals surface area contributed by atoms with E-state index in [2.05, 4.69) is 20.3 Å². The molecule has 1 unspecified atom stereocenters. The zero-order valence-corrected chi connectivity index (χ0v) is 24.6. The molecule has 1 amide bonds. The Morgan fingerprint density at radius 3 is 2.32 bits per heavy atom. The minimum Gasteiger partial charge on any atom is -0.475 e. The topological polar surface area (TPSA) is 143 Å². The maximum atomic E-state index is 13.2. The number of benzene rings is 2. The normalized spacial score (nSPS) is 13.9. The first kappa shape index (κ1) is 34.2. The minimum atomic E-state index is -5.08. The van der Waals surface area contributed by atoms with Gasteiger partial charge in [0.2, 0.25) is 5.82 Å². The lowest BCUT2D eigenvalue weighted by molar-refractivity contribution is -0.192. The van der Waals surface area contributed by atoms with Crippen molar-refractivity contribution in [2.45, 2.75) is 57.0 Å². The Balaban J connectivity index is 0.000000676. The number of carboxylic acids is 1. The molecule has 14 heteroatoms. The second kappa shape index (κ2) is 16.0. The van der Waals surface area contributed by atoms with Gasteiger partial charge in [0.15, 0.2) is 5.82 Å². The van der Waals surface area contributed by atoms with Gasteiger partial charge in [0.25, 0.3) is 5.91 Å². The molecule has 2 aromatic carbocycles. The Hall–Kier alpha value is -4.25. The zero-order chi connectivity index (χ0) is 32.3. The highest BCUT2D eigenvalue weighted by Crippen LogP contribution is 2.30. The zero-order valence-electron chi connectivity index (χ0n) is 23.8. The van der Waals surface area contributed by atoms with Crippen LogP contribution in [0.4, 0.5) is 19.0 Å². The average molecular weight is 633 g/mol. The van der Waals surface area contributed by atoms with Crippen LogP contribution in [0.3, 0.4) is 0 Å². The molecular weight excluding hydrogens is 601 g/mol. The smallest absolute Gasteiger partial charge is 0.475 e. The lowest BCUT2D eigenvalue weighted by atomic mass is 10.1. The molecule has 1 saturated carbocycles. The lowest BCUT2D eigenvalue weighted by Crippen LogP contribution is -2.48. The molecule has 4 rings (SSSR count). The molecule has 234 valence electrons. The van der Waals surface area contributed by atoms with Crippen LogP contribution in [-0.2, 0) is 11.3 Å². The van der Waals surface area contributed by atoms with Gasteiger partial charge in [0.05, 0.1) is 18.3 Å². The van der Waals surface area contributed by atoms with E-state index in [0.29, 0.717) is 24.3 Å². The number of hydrogen-bond donors (Lipinski definition) is 3. The molecule has 1 fully saturated rings. The highest BCUT2D eigenvalue weighted by atomic mass is 35.5. The third kappa shape index (κ3) is 10.2. The predicted molar refractivity (Wildman–Crippen MR) is 156 cm³/mol. The van der Waals surface area contributed by atoms with Gasteiger partial charge < -0.3 is 15.1 Å². The van der Waals surface area contributed by atoms with Crippen molar-refractivity contribution in [2.24, 2.45) is 0 Å². The van der Waals surface area contributed by atoms with Gasteiger partial charge in [-0.15, -0.1) is 0 Å². The number of aliphatic hydroxyl groups is 1. The first-order valence-electron chi connectivity index (χ1n) is 13.7. The molecule has 10 nitrogen and oxygen atoms in total. The van der Waals surface area contributed by atoms with E-state index in [9.17, 15) is 28.3 Å². The van der Waals surface area contributed by atoms with Crippen LogP contribution in [0.5, 0.6) is 0 Å². The Morgan fingerprint density at radius 1 is 1.14 bits per heavy atom. The average Bonchev–Trinajstić information content (AvgIpc) is 3.54. The van der Waals surface area contributed by atoms with Gasteiger partial charge in [-0.05, 0) is 49.6 Å². The van der Waals surface area contributed by atoms with Crippen LogP contribution < -0.4 is 10.4 Å². The number of carbonyl (C=O) groups excluding carboxylic acids is 1. The summed E-state index contributed by atoms with van der Waals surface area (Å²) in [7, 11) is 2.01. The number of aliphatic hydroxyl groups excluding tert-OH is 1. The summed E-state index contributed by atoms with van der Waals surface area (Å²) in [5.74, 6) is -2.69. The monoisotopic (exact) mass is 632 g/mol. The number of aromatic nitrogens is 2. The molecule has 1 aromatic heterocycles. The van der Waals surface area contributed by atoms with E-state index >= 15 is 0 Å². The van der Waals surface area contributed by atoms with Crippen LogP contribution in [0.1, 0.15) is 65.5 Å². The van der Waals surface area contributed by atoms with Crippen molar-refractivity contribution in [3.05, 3.63) is 88.3 Å². The summed E-state index contributed by atoms with van der Waals surface area (Å²) in [6.07, 6.45) is 0.340. The fourth-order valence-electron chi connectivity index (χ4n) is 4.57. The number of hydrogen-bond acceptors (Lipinski definition) is 8. The van der Waals surface area contributed by atoms with Crippen LogP contribution in [0.2, 0.25) is 5.02 Å². The number of anilines is 1. The van der Waals surface area contributed by atoms with E-state index in [1.165, 1.54) is 6.20 Å². The molecule has 1 heterocycles. The number of aliphatic carboxylic acids is 1. The van der Waals surface area contributed by atoms with Gasteiger partial charge in [0.1, 0.15) is 11.1 Å². The number of nitrogens with zero attached hydrogens (tertiary/aromatic N) is 5. The number of carboxylic acid groups (broad SMARTS) is 1. The van der Waals surface area contributed by atoms with Crippen LogP contribution >= 0.6 is 11.6 Å². The van der Waals surface area contributed by atoms with Gasteiger partial charge in [-0.3, -0.25) is 15.2 Å². The highest BCUT2D eigenvalue weighted by Gasteiger charge is 2.38. The molecule has 3 N–H and O–H groups in total. The van der Waals surface area contributed by atoms with Gasteiger partial charge in [-0.25, -0.2) is 9.78 Å². The van der Waals surface area contributed by atoms with Gasteiger partial charge in [-0.1, -0.05) is 66.9 Å². The van der Waals surface area contributed by atoms with Crippen LogP contribution in [0.15, 0.2) is 60.8 Å². The first-order valence-corrected chi connectivity index (χ1v) is 14.1. The summed E-state index contributed by atoms with van der Waals surface area (Å²) in [4.78, 5) is 32.4. The summed E-state index contributed by atoms with van der Waals surface area (Å²) in [5, 5.41) is 28.7. The number of halogens is 4. The molecule has 1 atom stereocenters. The molecule has 0 bridgehead atoms. The van der Waals surface area contributed by atoms with Crippen LogP contribution in [0.25, 0.3) is 0 Å². The molecular formula is C30H32ClF3N6O4. The van der Waals surface area contributed by atoms with Crippen molar-refractivity contribution in [1.82, 2.24) is 20.3 Å². The predicted octanol–water partition coefficient (Wildman–Crippen LogP) is 5.28. The van der Waals surface area contributed by atoms with Crippen molar-refractivity contribution in [3.8, 4) is 6.07 Å². The third-order valence-corrected chi connectivity index (χ3v) is 7.11. The van der Waals surface area contributed by atoms with Crippen LogP contribution in [-0.4, -0.2) is 62.8 Å². The quantitative estimate of drug-likeness (QED) is 0.254. The summed E-state index contributed by atoms with van der Waals surface area (Å²) in [5.41, 5.74) is 5.47. The first-order chi connectivity index (χ1) is 20.9. The molecule has 0 radical (unpaired) electrons. The Kier molecular flexibility index (Phi) is 12.5. The van der Waals surface area contributed by atoms with E-state index in [4.69, 9.17) is 21.5 Å². The minimum absolute atomic E-state index is 0.00130. The van der Waals surface area contributed by atoms with Crippen molar-refractivity contribution in [2.75, 3.05) is 18.6 Å². The van der Waals surface area contributed by atoms with Gasteiger partial charge in [0, 0.05) is 18.7 Å². The molecule has 0 spiro atoms. The fourth-order valence-corrected chi connectivity index (χ4v) is 4.75. The molecule has 44 heavy (non-hydrogen) atoms. The van der Waals surface area contributed by atoms with Crippen molar-refractivity contribution in [3.63, 3.8) is 0 Å². The Labute approximate surface area is 257 Å². The van der Waals surface area contributed by atoms with E-state index < -0.39 is 18.2 Å². The van der Waals surface area contributed by atoms with E-state index in [-0.39, 0.29) is 22.8 Å². The number of nitrogens with one attached hydrogen (secondary N) is 1. The summed E-state index contributed by atoms with van der Waals surface area (Å²) < 4.78 is 31.7. The fraction of sp³-hybridized carbons (Fsp3) is 0.367. The standard InChI is InChI=1S/C28H31ClN6O2.C2HF3O2/c1-34(16-15-25(36)21-7-3-2-4-8-21)19-20-11-13-22(14-12-20)28(37)33-35(23-9-5-6-10-23)27-24(29)18-31-26(17-30)32-27;3-2(4,5)1(6)7/h2-4,7-8,11-14,18,23,25,36H,5-6,9-10,15-16,19H2,1H3,(H,33,37);(H,6,7). The number of carbonyl (C=O) groups is 2. The van der Waals surface area contributed by atoms with Gasteiger partial charge in [-0.2, -0.15) is 23.4 Å². The largest absolute Gasteiger partial charge is 0.490 e. The van der Waals surface area contributed by atoms with E-state index in [1.807, 2.05) is 55.6 Å². The molecule has 1 aliphatic rings.